The van der Waals surface area contributed by atoms with Gasteiger partial charge in [0.1, 0.15) is 0 Å². The van der Waals surface area contributed by atoms with E-state index in [-0.39, 0.29) is 18.8 Å². The molecule has 0 amide bonds. The van der Waals surface area contributed by atoms with Crippen LogP contribution >= 0.6 is 15.9 Å². The summed E-state index contributed by atoms with van der Waals surface area (Å²) in [6.07, 6.45) is 0.748. The summed E-state index contributed by atoms with van der Waals surface area (Å²) in [4.78, 5) is 0. The lowest BCUT2D eigenvalue weighted by atomic mass is 9.85. The standard InChI is InChI=1S/C14H17BrF2O/c1-13(18,11-2-4-12(15)5-3-11)8-10-6-7-14(16,17)9-10/h2-5,10,18H,6-9H2,1H3. The lowest BCUT2D eigenvalue weighted by Crippen LogP contribution is -2.24. The van der Waals surface area contributed by atoms with Crippen molar-refractivity contribution in [1.29, 1.82) is 0 Å². The van der Waals surface area contributed by atoms with E-state index in [4.69, 9.17) is 0 Å². The van der Waals surface area contributed by atoms with Crippen LogP contribution in [0.2, 0.25) is 0 Å². The summed E-state index contributed by atoms with van der Waals surface area (Å²) in [5, 5.41) is 10.4. The zero-order valence-electron chi connectivity index (χ0n) is 10.3. The first kappa shape index (κ1) is 13.9. The van der Waals surface area contributed by atoms with Crippen LogP contribution in [0.5, 0.6) is 0 Å². The average Bonchev–Trinajstić information content (AvgIpc) is 2.57. The number of hydrogen-bond acceptors (Lipinski definition) is 1. The number of rotatable bonds is 3. The van der Waals surface area contributed by atoms with Gasteiger partial charge in [-0.05, 0) is 43.4 Å². The lowest BCUT2D eigenvalue weighted by molar-refractivity contribution is -0.00661. The first-order valence-corrected chi connectivity index (χ1v) is 6.94. The van der Waals surface area contributed by atoms with Crippen molar-refractivity contribution in [1.82, 2.24) is 0 Å². The molecule has 1 aliphatic rings. The monoisotopic (exact) mass is 318 g/mol. The lowest BCUT2D eigenvalue weighted by Gasteiger charge is -2.27. The maximum absolute atomic E-state index is 13.1. The summed E-state index contributed by atoms with van der Waals surface area (Å²) in [7, 11) is 0. The van der Waals surface area contributed by atoms with Crippen LogP contribution < -0.4 is 0 Å². The molecule has 1 aliphatic carbocycles. The molecule has 1 aromatic rings. The van der Waals surface area contributed by atoms with E-state index in [2.05, 4.69) is 15.9 Å². The van der Waals surface area contributed by atoms with Crippen LogP contribution in [0.15, 0.2) is 28.7 Å². The maximum Gasteiger partial charge on any atom is 0.248 e. The van der Waals surface area contributed by atoms with Crippen LogP contribution in [0.1, 0.15) is 38.2 Å². The molecule has 2 rings (SSSR count). The first-order chi connectivity index (χ1) is 8.28. The Labute approximate surface area is 114 Å². The molecule has 2 atom stereocenters. The minimum absolute atomic E-state index is 0.0475. The molecule has 1 N–H and O–H groups in total. The van der Waals surface area contributed by atoms with Crippen molar-refractivity contribution in [2.24, 2.45) is 5.92 Å². The Balaban J connectivity index is 2.05. The first-order valence-electron chi connectivity index (χ1n) is 6.15. The van der Waals surface area contributed by atoms with Gasteiger partial charge in [-0.2, -0.15) is 0 Å². The molecule has 0 radical (unpaired) electrons. The molecule has 1 fully saturated rings. The van der Waals surface area contributed by atoms with Gasteiger partial charge in [0.05, 0.1) is 5.60 Å². The fourth-order valence-electron chi connectivity index (χ4n) is 2.70. The van der Waals surface area contributed by atoms with E-state index in [1.807, 2.05) is 24.3 Å². The third-order valence-corrected chi connectivity index (χ3v) is 4.19. The van der Waals surface area contributed by atoms with Crippen LogP contribution in [0.25, 0.3) is 0 Å². The fourth-order valence-corrected chi connectivity index (χ4v) is 2.97. The van der Waals surface area contributed by atoms with Crippen LogP contribution in [0.4, 0.5) is 8.78 Å². The molecule has 1 aromatic carbocycles. The van der Waals surface area contributed by atoms with E-state index >= 15 is 0 Å². The molecule has 0 aromatic heterocycles. The van der Waals surface area contributed by atoms with E-state index in [1.165, 1.54) is 0 Å². The normalized spacial score (nSPS) is 25.9. The Hall–Kier alpha value is -0.480. The van der Waals surface area contributed by atoms with Gasteiger partial charge < -0.3 is 5.11 Å². The van der Waals surface area contributed by atoms with Crippen LogP contribution in [0, 0.1) is 5.92 Å². The van der Waals surface area contributed by atoms with Crippen LogP contribution in [-0.4, -0.2) is 11.0 Å². The van der Waals surface area contributed by atoms with Gasteiger partial charge in [0.25, 0.3) is 0 Å². The summed E-state index contributed by atoms with van der Waals surface area (Å²) in [5.41, 5.74) is -0.257. The van der Waals surface area contributed by atoms with E-state index < -0.39 is 11.5 Å². The van der Waals surface area contributed by atoms with Crippen molar-refractivity contribution in [2.45, 2.75) is 44.1 Å². The van der Waals surface area contributed by atoms with E-state index in [0.717, 1.165) is 10.0 Å². The molecule has 100 valence electrons. The van der Waals surface area contributed by atoms with Crippen molar-refractivity contribution in [3.63, 3.8) is 0 Å². The number of aliphatic hydroxyl groups is 1. The Bertz CT molecular complexity index is 414. The molecule has 2 unspecified atom stereocenters. The number of halogens is 3. The molecule has 0 heterocycles. The smallest absolute Gasteiger partial charge is 0.248 e. The molecule has 18 heavy (non-hydrogen) atoms. The van der Waals surface area contributed by atoms with Gasteiger partial charge in [0.15, 0.2) is 0 Å². The van der Waals surface area contributed by atoms with E-state index in [1.54, 1.807) is 6.92 Å². The zero-order chi connectivity index (χ0) is 13.4. The summed E-state index contributed by atoms with van der Waals surface area (Å²) < 4.78 is 27.2. The van der Waals surface area contributed by atoms with Gasteiger partial charge in [-0.25, -0.2) is 8.78 Å². The second kappa shape index (κ2) is 4.89. The summed E-state index contributed by atoms with van der Waals surface area (Å²) in [6, 6.07) is 7.37. The Morgan fingerprint density at radius 3 is 2.50 bits per heavy atom. The molecular formula is C14H17BrF2O. The van der Waals surface area contributed by atoms with Crippen molar-refractivity contribution in [2.75, 3.05) is 0 Å². The predicted octanol–water partition coefficient (Wildman–Crippen LogP) is 4.48. The Morgan fingerprint density at radius 1 is 1.39 bits per heavy atom. The molecule has 4 heteroatoms. The minimum atomic E-state index is -2.54. The minimum Gasteiger partial charge on any atom is -0.385 e. The van der Waals surface area contributed by atoms with Crippen LogP contribution in [0.3, 0.4) is 0 Å². The van der Waals surface area contributed by atoms with Gasteiger partial charge in [-0.1, -0.05) is 28.1 Å². The van der Waals surface area contributed by atoms with Crippen molar-refractivity contribution >= 4 is 15.9 Å². The van der Waals surface area contributed by atoms with Gasteiger partial charge in [0, 0.05) is 17.3 Å². The number of benzene rings is 1. The molecular weight excluding hydrogens is 302 g/mol. The number of hydrogen-bond donors (Lipinski definition) is 1. The van der Waals surface area contributed by atoms with E-state index in [9.17, 15) is 13.9 Å². The molecule has 1 saturated carbocycles. The van der Waals surface area contributed by atoms with Gasteiger partial charge in [0.2, 0.25) is 5.92 Å². The summed E-state index contributed by atoms with van der Waals surface area (Å²) in [5.74, 6) is -2.64. The quantitative estimate of drug-likeness (QED) is 0.871. The maximum atomic E-state index is 13.1. The van der Waals surface area contributed by atoms with Gasteiger partial charge in [-0.3, -0.25) is 0 Å². The van der Waals surface area contributed by atoms with Crippen molar-refractivity contribution < 1.29 is 13.9 Å². The highest BCUT2D eigenvalue weighted by molar-refractivity contribution is 9.10. The largest absolute Gasteiger partial charge is 0.385 e. The Kier molecular flexibility index (Phi) is 3.79. The van der Waals surface area contributed by atoms with Gasteiger partial charge in [-0.15, -0.1) is 0 Å². The molecule has 0 saturated heterocycles. The molecule has 0 spiro atoms. The highest BCUT2D eigenvalue weighted by atomic mass is 79.9. The zero-order valence-corrected chi connectivity index (χ0v) is 11.9. The Morgan fingerprint density at radius 2 is 2.00 bits per heavy atom. The predicted molar refractivity (Wildman–Crippen MR) is 70.6 cm³/mol. The second-order valence-corrected chi connectivity index (χ2v) is 6.37. The van der Waals surface area contributed by atoms with Crippen molar-refractivity contribution in [3.8, 4) is 0 Å². The highest BCUT2D eigenvalue weighted by Crippen LogP contribution is 2.43. The van der Waals surface area contributed by atoms with E-state index in [0.29, 0.717) is 12.8 Å². The fraction of sp³-hybridized carbons (Fsp3) is 0.571. The summed E-state index contributed by atoms with van der Waals surface area (Å²) >= 11 is 3.33. The average molecular weight is 319 g/mol. The molecule has 1 nitrogen and oxygen atoms in total. The summed E-state index contributed by atoms with van der Waals surface area (Å²) in [6.45, 7) is 1.70. The third-order valence-electron chi connectivity index (χ3n) is 3.66. The topological polar surface area (TPSA) is 20.2 Å². The SMILES string of the molecule is CC(O)(CC1CCC(F)(F)C1)c1ccc(Br)cc1. The number of alkyl halides is 2. The third kappa shape index (κ3) is 3.29. The van der Waals surface area contributed by atoms with Crippen molar-refractivity contribution in [3.05, 3.63) is 34.3 Å². The van der Waals surface area contributed by atoms with Gasteiger partial charge >= 0.3 is 0 Å². The highest BCUT2D eigenvalue weighted by Gasteiger charge is 2.41. The van der Waals surface area contributed by atoms with Crippen LogP contribution in [-0.2, 0) is 5.60 Å². The second-order valence-electron chi connectivity index (χ2n) is 5.45. The molecule has 0 aliphatic heterocycles. The molecule has 0 bridgehead atoms.